The molecular formula is C47H43N7O5. The van der Waals surface area contributed by atoms with Gasteiger partial charge in [-0.15, -0.1) is 5.10 Å². The van der Waals surface area contributed by atoms with Gasteiger partial charge >= 0.3 is 11.9 Å². The number of aryl methyl sites for hydroxylation is 1. The zero-order chi connectivity index (χ0) is 40.9. The highest BCUT2D eigenvalue weighted by Gasteiger charge is 2.42. The number of hydrogen-bond acceptors (Lipinski definition) is 9. The Morgan fingerprint density at radius 3 is 1.98 bits per heavy atom. The molecule has 0 amide bonds. The highest BCUT2D eigenvalue weighted by atomic mass is 16.7. The van der Waals surface area contributed by atoms with Crippen molar-refractivity contribution in [2.75, 3.05) is 6.61 Å². The second-order valence-electron chi connectivity index (χ2n) is 14.1. The van der Waals surface area contributed by atoms with Crippen LogP contribution in [0.25, 0.3) is 28.2 Å². The van der Waals surface area contributed by atoms with Crippen molar-refractivity contribution in [2.45, 2.75) is 52.5 Å². The molecule has 3 heterocycles. The van der Waals surface area contributed by atoms with E-state index in [0.717, 1.165) is 39.2 Å². The number of hydrogen-bond donors (Lipinski definition) is 0. The van der Waals surface area contributed by atoms with Gasteiger partial charge in [-0.3, -0.25) is 9.36 Å². The molecule has 59 heavy (non-hydrogen) atoms. The first kappa shape index (κ1) is 38.5. The molecule has 296 valence electrons. The molecule has 0 aliphatic carbocycles. The van der Waals surface area contributed by atoms with Crippen LogP contribution in [0.15, 0.2) is 146 Å². The van der Waals surface area contributed by atoms with Crippen LogP contribution in [-0.4, -0.2) is 59.2 Å². The lowest BCUT2D eigenvalue weighted by Crippen LogP contribution is -2.39. The molecule has 5 aromatic carbocycles. The largest absolute Gasteiger partial charge is 0.465 e. The number of carbonyl (C=O) groups excluding carboxylic acids is 2. The van der Waals surface area contributed by atoms with Crippen LogP contribution in [0.4, 0.5) is 0 Å². The Hall–Kier alpha value is -7.34. The Kier molecular flexibility index (Phi) is 10.9. The van der Waals surface area contributed by atoms with Crippen molar-refractivity contribution in [1.82, 2.24) is 34.3 Å². The van der Waals surface area contributed by atoms with Gasteiger partial charge in [0, 0.05) is 25.2 Å². The summed E-state index contributed by atoms with van der Waals surface area (Å²) in [6, 6.07) is 46.8. The van der Waals surface area contributed by atoms with Gasteiger partial charge in [0.1, 0.15) is 5.54 Å². The molecular weight excluding hydrogens is 743 g/mol. The van der Waals surface area contributed by atoms with E-state index in [9.17, 15) is 9.59 Å². The Balaban J connectivity index is 1.18. The SMILES string of the molecule is CCOc1nc2cccc(C(=O)OC(C)OC(=O)CC)c2n1Cc1ccc(-n2cc(C)cc2-c2nnnn2C(c2ccccc2)(c2ccccc2)c2ccccc2)cc1. The summed E-state index contributed by atoms with van der Waals surface area (Å²) >= 11 is 0. The van der Waals surface area contributed by atoms with Gasteiger partial charge in [-0.1, -0.05) is 116 Å². The molecule has 0 spiro atoms. The molecule has 0 aliphatic rings. The Morgan fingerprint density at radius 2 is 1.39 bits per heavy atom. The molecule has 3 aromatic heterocycles. The smallest absolute Gasteiger partial charge is 0.343 e. The van der Waals surface area contributed by atoms with Crippen LogP contribution in [0.1, 0.15) is 65.4 Å². The summed E-state index contributed by atoms with van der Waals surface area (Å²) in [6.45, 7) is 7.85. The van der Waals surface area contributed by atoms with Gasteiger partial charge in [0.2, 0.25) is 12.1 Å². The van der Waals surface area contributed by atoms with Crippen LogP contribution in [0.2, 0.25) is 0 Å². The Bertz CT molecular complexity index is 2610. The molecule has 0 aliphatic heterocycles. The highest BCUT2D eigenvalue weighted by Crippen LogP contribution is 2.42. The monoisotopic (exact) mass is 785 g/mol. The summed E-state index contributed by atoms with van der Waals surface area (Å²) in [5.41, 5.74) is 7.20. The van der Waals surface area contributed by atoms with Crippen molar-refractivity contribution in [3.05, 3.63) is 179 Å². The third-order valence-corrected chi connectivity index (χ3v) is 10.2. The quantitative estimate of drug-likeness (QED) is 0.0606. The minimum Gasteiger partial charge on any atom is -0.465 e. The molecule has 0 saturated carbocycles. The normalized spacial score (nSPS) is 12.0. The minimum absolute atomic E-state index is 0.169. The number of aromatic nitrogens is 7. The second kappa shape index (κ2) is 16.6. The van der Waals surface area contributed by atoms with Crippen LogP contribution in [0.5, 0.6) is 6.01 Å². The van der Waals surface area contributed by atoms with Gasteiger partial charge < -0.3 is 18.8 Å². The number of nitrogens with zero attached hydrogens (tertiary/aromatic N) is 7. The summed E-state index contributed by atoms with van der Waals surface area (Å²) in [4.78, 5) is 30.0. The number of carbonyl (C=O) groups is 2. The molecule has 12 nitrogen and oxygen atoms in total. The van der Waals surface area contributed by atoms with Gasteiger partial charge in [0.05, 0.1) is 35.4 Å². The van der Waals surface area contributed by atoms with Crippen molar-refractivity contribution in [2.24, 2.45) is 0 Å². The highest BCUT2D eigenvalue weighted by molar-refractivity contribution is 6.02. The molecule has 12 heteroatoms. The third kappa shape index (κ3) is 7.36. The van der Waals surface area contributed by atoms with Gasteiger partial charge in [0.15, 0.2) is 0 Å². The maximum absolute atomic E-state index is 13.5. The van der Waals surface area contributed by atoms with E-state index in [4.69, 9.17) is 29.5 Å². The number of tetrazole rings is 1. The number of para-hydroxylation sites is 1. The van der Waals surface area contributed by atoms with Crippen molar-refractivity contribution >= 4 is 23.0 Å². The maximum Gasteiger partial charge on any atom is 0.343 e. The number of ether oxygens (including phenoxy) is 3. The van der Waals surface area contributed by atoms with Crippen LogP contribution < -0.4 is 4.74 Å². The fourth-order valence-electron chi connectivity index (χ4n) is 7.63. The topological polar surface area (TPSA) is 128 Å². The van der Waals surface area contributed by atoms with E-state index < -0.39 is 23.8 Å². The number of rotatable bonds is 14. The molecule has 1 atom stereocenters. The van der Waals surface area contributed by atoms with Crippen LogP contribution in [-0.2, 0) is 26.4 Å². The number of imidazole rings is 1. The fourth-order valence-corrected chi connectivity index (χ4v) is 7.63. The van der Waals surface area contributed by atoms with Crippen molar-refractivity contribution in [3.63, 3.8) is 0 Å². The third-order valence-electron chi connectivity index (χ3n) is 10.2. The lowest BCUT2D eigenvalue weighted by molar-refractivity contribution is -0.165. The summed E-state index contributed by atoms with van der Waals surface area (Å²) in [6.07, 6.45) is 1.19. The predicted octanol–water partition coefficient (Wildman–Crippen LogP) is 8.53. The Morgan fingerprint density at radius 1 is 0.763 bits per heavy atom. The second-order valence-corrected chi connectivity index (χ2v) is 14.1. The van der Waals surface area contributed by atoms with E-state index in [0.29, 0.717) is 36.0 Å². The molecule has 0 saturated heterocycles. The van der Waals surface area contributed by atoms with E-state index in [1.54, 1.807) is 19.1 Å². The molecule has 1 unspecified atom stereocenters. The van der Waals surface area contributed by atoms with Crippen LogP contribution >= 0.6 is 0 Å². The van der Waals surface area contributed by atoms with Crippen LogP contribution in [0, 0.1) is 6.92 Å². The van der Waals surface area contributed by atoms with E-state index in [2.05, 4.69) is 65.4 Å². The van der Waals surface area contributed by atoms with Gasteiger partial charge in [-0.05, 0) is 82.4 Å². The summed E-state index contributed by atoms with van der Waals surface area (Å²) < 4.78 is 22.6. The minimum atomic E-state index is -1.06. The molecule has 0 radical (unpaired) electrons. The van der Waals surface area contributed by atoms with Crippen molar-refractivity contribution in [1.29, 1.82) is 0 Å². The Labute approximate surface area is 341 Å². The molecule has 8 rings (SSSR count). The number of benzene rings is 5. The van der Waals surface area contributed by atoms with Gasteiger partial charge in [0.25, 0.3) is 6.01 Å². The molecule has 8 aromatic rings. The maximum atomic E-state index is 13.5. The van der Waals surface area contributed by atoms with Gasteiger partial charge in [-0.2, -0.15) is 4.98 Å². The summed E-state index contributed by atoms with van der Waals surface area (Å²) in [5, 5.41) is 13.8. The van der Waals surface area contributed by atoms with E-state index in [1.165, 1.54) is 6.92 Å². The zero-order valence-corrected chi connectivity index (χ0v) is 33.2. The number of esters is 2. The van der Waals surface area contributed by atoms with Crippen molar-refractivity contribution < 1.29 is 23.8 Å². The standard InChI is InChI=1S/C47H43N7O5/c1-5-42(55)58-33(4)59-45(56)39-23-16-24-40-43(39)53(46(48-40)57-6-2)31-34-25-27-38(28-26-34)52-30-32(3)29-41(52)44-49-50-51-54(44)47(35-17-10-7-11-18-35,36-19-12-8-13-20-36)37-21-14-9-15-22-37/h7-30,33H,5-6,31H2,1-4H3. The average Bonchev–Trinajstić information content (AvgIpc) is 4.00. The lowest BCUT2D eigenvalue weighted by atomic mass is 9.77. The molecule has 0 N–H and O–H groups in total. The predicted molar refractivity (Wildman–Crippen MR) is 223 cm³/mol. The first-order valence-electron chi connectivity index (χ1n) is 19.6. The first-order chi connectivity index (χ1) is 28.8. The lowest BCUT2D eigenvalue weighted by Gasteiger charge is -2.36. The molecule has 0 fully saturated rings. The molecule has 0 bridgehead atoms. The summed E-state index contributed by atoms with van der Waals surface area (Å²) in [5.74, 6) is -0.514. The first-order valence-corrected chi connectivity index (χ1v) is 19.6. The van der Waals surface area contributed by atoms with E-state index in [-0.39, 0.29) is 12.0 Å². The fraction of sp³-hybridized carbons (Fsp3) is 0.191. The number of fused-ring (bicyclic) bond motifs is 1. The van der Waals surface area contributed by atoms with Crippen molar-refractivity contribution in [3.8, 4) is 23.2 Å². The van der Waals surface area contributed by atoms with E-state index >= 15 is 0 Å². The van der Waals surface area contributed by atoms with Crippen LogP contribution in [0.3, 0.4) is 0 Å². The zero-order valence-electron chi connectivity index (χ0n) is 33.2. The van der Waals surface area contributed by atoms with Gasteiger partial charge in [-0.25, -0.2) is 9.48 Å². The summed E-state index contributed by atoms with van der Waals surface area (Å²) in [7, 11) is 0. The average molecular weight is 786 g/mol. The van der Waals surface area contributed by atoms with E-state index in [1.807, 2.05) is 101 Å².